The van der Waals surface area contributed by atoms with Gasteiger partial charge in [0.15, 0.2) is 12.6 Å². The summed E-state index contributed by atoms with van der Waals surface area (Å²) in [6.45, 7) is 7.69. The van der Waals surface area contributed by atoms with E-state index in [9.17, 15) is 13.2 Å². The Labute approximate surface area is 164 Å². The molecule has 0 saturated carbocycles. The first-order valence-corrected chi connectivity index (χ1v) is 9.50. The minimum Gasteiger partial charge on any atom is -0.484 e. The van der Waals surface area contributed by atoms with Crippen LogP contribution in [0.4, 0.5) is 13.2 Å². The highest BCUT2D eigenvalue weighted by molar-refractivity contribution is 5.79. The van der Waals surface area contributed by atoms with Crippen LogP contribution in [-0.4, -0.2) is 69.1 Å². The Morgan fingerprint density at radius 1 is 1.25 bits per heavy atom. The number of hydrogen-bond acceptors (Lipinski definition) is 4. The molecule has 0 aromatic heterocycles. The lowest BCUT2D eigenvalue weighted by Gasteiger charge is -2.32. The number of hydrogen-bond donors (Lipinski definition) is 2. The van der Waals surface area contributed by atoms with Gasteiger partial charge in [-0.1, -0.05) is 18.2 Å². The molecule has 6 nitrogen and oxygen atoms in total. The van der Waals surface area contributed by atoms with Crippen molar-refractivity contribution < 1.29 is 22.6 Å². The first-order chi connectivity index (χ1) is 13.4. The van der Waals surface area contributed by atoms with Crippen molar-refractivity contribution in [3.8, 4) is 5.75 Å². The maximum absolute atomic E-state index is 12.4. The van der Waals surface area contributed by atoms with Crippen molar-refractivity contribution in [2.75, 3.05) is 46.0 Å². The van der Waals surface area contributed by atoms with Crippen molar-refractivity contribution in [3.63, 3.8) is 0 Å². The van der Waals surface area contributed by atoms with E-state index in [4.69, 9.17) is 9.47 Å². The Bertz CT molecular complexity index is 619. The van der Waals surface area contributed by atoms with E-state index in [2.05, 4.69) is 27.4 Å². The number of morpholine rings is 1. The van der Waals surface area contributed by atoms with Crippen molar-refractivity contribution >= 4 is 5.96 Å². The van der Waals surface area contributed by atoms with Gasteiger partial charge in [0.25, 0.3) is 0 Å². The van der Waals surface area contributed by atoms with Crippen LogP contribution >= 0.6 is 0 Å². The maximum atomic E-state index is 12.4. The molecule has 1 saturated heterocycles. The van der Waals surface area contributed by atoms with Gasteiger partial charge in [0.2, 0.25) is 0 Å². The van der Waals surface area contributed by atoms with E-state index in [0.29, 0.717) is 30.7 Å². The Hall–Kier alpha value is -2.00. The van der Waals surface area contributed by atoms with Crippen LogP contribution in [0.1, 0.15) is 19.4 Å². The third-order valence-electron chi connectivity index (χ3n) is 4.35. The Kier molecular flexibility index (Phi) is 8.85. The van der Waals surface area contributed by atoms with Crippen LogP contribution in [0.3, 0.4) is 0 Å². The molecule has 1 fully saturated rings. The van der Waals surface area contributed by atoms with Crippen molar-refractivity contribution in [1.29, 1.82) is 0 Å². The Balaban J connectivity index is 1.94. The second-order valence-corrected chi connectivity index (χ2v) is 6.59. The fraction of sp³-hybridized carbons (Fsp3) is 0.632. The number of rotatable bonds is 8. The molecule has 0 spiro atoms. The largest absolute Gasteiger partial charge is 0.484 e. The van der Waals surface area contributed by atoms with Gasteiger partial charge in [-0.25, -0.2) is 4.99 Å². The zero-order valence-electron chi connectivity index (χ0n) is 16.4. The van der Waals surface area contributed by atoms with Gasteiger partial charge < -0.3 is 20.1 Å². The molecule has 1 aromatic rings. The van der Waals surface area contributed by atoms with Gasteiger partial charge in [0.05, 0.1) is 19.8 Å². The summed E-state index contributed by atoms with van der Waals surface area (Å²) in [5.41, 5.74) is 0.602. The zero-order valence-corrected chi connectivity index (χ0v) is 16.4. The van der Waals surface area contributed by atoms with Crippen LogP contribution in [0.2, 0.25) is 0 Å². The average Bonchev–Trinajstić information content (AvgIpc) is 2.69. The SMILES string of the molecule is CCNC(=NCc1ccccc1OCC(F)(F)F)NCC(C)N1CCOCC1. The smallest absolute Gasteiger partial charge is 0.422 e. The summed E-state index contributed by atoms with van der Waals surface area (Å²) < 4.78 is 47.6. The quantitative estimate of drug-likeness (QED) is 0.517. The molecule has 1 aliphatic heterocycles. The number of benzene rings is 1. The van der Waals surface area contributed by atoms with Crippen molar-refractivity contribution in [1.82, 2.24) is 15.5 Å². The van der Waals surface area contributed by atoms with Crippen LogP contribution < -0.4 is 15.4 Å². The number of ether oxygens (including phenoxy) is 2. The van der Waals surface area contributed by atoms with E-state index < -0.39 is 12.8 Å². The first kappa shape index (κ1) is 22.3. The van der Waals surface area contributed by atoms with Gasteiger partial charge in [-0.3, -0.25) is 4.90 Å². The second kappa shape index (κ2) is 11.1. The molecule has 1 aliphatic rings. The molecule has 9 heteroatoms. The molecule has 1 heterocycles. The minimum absolute atomic E-state index is 0.195. The lowest BCUT2D eigenvalue weighted by molar-refractivity contribution is -0.153. The van der Waals surface area contributed by atoms with E-state index in [0.717, 1.165) is 26.3 Å². The van der Waals surface area contributed by atoms with E-state index in [1.807, 2.05) is 6.92 Å². The summed E-state index contributed by atoms with van der Waals surface area (Å²) in [7, 11) is 0. The van der Waals surface area contributed by atoms with E-state index in [1.165, 1.54) is 6.07 Å². The van der Waals surface area contributed by atoms with Crippen molar-refractivity contribution in [3.05, 3.63) is 29.8 Å². The molecule has 2 N–H and O–H groups in total. The Morgan fingerprint density at radius 3 is 2.64 bits per heavy atom. The van der Waals surface area contributed by atoms with Crippen molar-refractivity contribution in [2.24, 2.45) is 4.99 Å². The highest BCUT2D eigenvalue weighted by atomic mass is 19.4. The first-order valence-electron chi connectivity index (χ1n) is 9.50. The fourth-order valence-corrected chi connectivity index (χ4v) is 2.83. The van der Waals surface area contributed by atoms with E-state index >= 15 is 0 Å². The molecular formula is C19H29F3N4O2. The van der Waals surface area contributed by atoms with E-state index in [-0.39, 0.29) is 12.3 Å². The molecule has 0 radical (unpaired) electrons. The molecule has 0 amide bonds. The number of guanidine groups is 1. The lowest BCUT2D eigenvalue weighted by Crippen LogP contribution is -2.49. The lowest BCUT2D eigenvalue weighted by atomic mass is 10.2. The monoisotopic (exact) mass is 402 g/mol. The normalized spacial score (nSPS) is 17.2. The van der Waals surface area contributed by atoms with Gasteiger partial charge in [-0.15, -0.1) is 0 Å². The highest BCUT2D eigenvalue weighted by Crippen LogP contribution is 2.22. The van der Waals surface area contributed by atoms with Crippen LogP contribution in [0, 0.1) is 0 Å². The number of halogens is 3. The van der Waals surface area contributed by atoms with Gasteiger partial charge >= 0.3 is 6.18 Å². The topological polar surface area (TPSA) is 58.1 Å². The third-order valence-corrected chi connectivity index (χ3v) is 4.35. The number of alkyl halides is 3. The fourth-order valence-electron chi connectivity index (χ4n) is 2.83. The van der Waals surface area contributed by atoms with Gasteiger partial charge in [0.1, 0.15) is 5.75 Å². The number of aliphatic imine (C=N–C) groups is 1. The summed E-state index contributed by atoms with van der Waals surface area (Å²) in [6.07, 6.45) is -4.37. The number of nitrogens with zero attached hydrogens (tertiary/aromatic N) is 2. The summed E-state index contributed by atoms with van der Waals surface area (Å²) in [5, 5.41) is 6.46. The molecular weight excluding hydrogens is 373 g/mol. The van der Waals surface area contributed by atoms with Crippen LogP contribution in [-0.2, 0) is 11.3 Å². The summed E-state index contributed by atoms with van der Waals surface area (Å²) in [6, 6.07) is 6.96. The van der Waals surface area contributed by atoms with Crippen molar-refractivity contribution in [2.45, 2.75) is 32.6 Å². The van der Waals surface area contributed by atoms with Gasteiger partial charge in [-0.2, -0.15) is 13.2 Å². The molecule has 2 rings (SSSR count). The molecule has 1 unspecified atom stereocenters. The van der Waals surface area contributed by atoms with Gasteiger partial charge in [0, 0.05) is 37.8 Å². The standard InChI is InChI=1S/C19H29F3N4O2/c1-3-23-18(24-12-15(2)26-8-10-27-11-9-26)25-13-16-6-4-5-7-17(16)28-14-19(20,21)22/h4-7,15H,3,8-14H2,1-2H3,(H2,23,24,25). The predicted octanol–water partition coefficient (Wildman–Crippen LogP) is 2.40. The van der Waals surface area contributed by atoms with E-state index in [1.54, 1.807) is 18.2 Å². The highest BCUT2D eigenvalue weighted by Gasteiger charge is 2.28. The van der Waals surface area contributed by atoms with Gasteiger partial charge in [-0.05, 0) is 19.9 Å². The molecule has 28 heavy (non-hydrogen) atoms. The number of para-hydroxylation sites is 1. The summed E-state index contributed by atoms with van der Waals surface area (Å²) >= 11 is 0. The summed E-state index contributed by atoms with van der Waals surface area (Å²) in [4.78, 5) is 6.84. The molecule has 158 valence electrons. The third kappa shape index (κ3) is 7.93. The molecule has 1 atom stereocenters. The second-order valence-electron chi connectivity index (χ2n) is 6.59. The van der Waals surface area contributed by atoms with Crippen LogP contribution in [0.15, 0.2) is 29.3 Å². The Morgan fingerprint density at radius 2 is 1.96 bits per heavy atom. The average molecular weight is 402 g/mol. The molecule has 0 aliphatic carbocycles. The zero-order chi connectivity index (χ0) is 20.4. The minimum atomic E-state index is -4.37. The molecule has 0 bridgehead atoms. The molecule has 1 aromatic carbocycles. The van der Waals surface area contributed by atoms with Crippen LogP contribution in [0.25, 0.3) is 0 Å². The predicted molar refractivity (Wildman–Crippen MR) is 103 cm³/mol. The maximum Gasteiger partial charge on any atom is 0.422 e. The number of nitrogens with one attached hydrogen (secondary N) is 2. The summed E-state index contributed by atoms with van der Waals surface area (Å²) in [5.74, 6) is 0.814. The van der Waals surface area contributed by atoms with Crippen LogP contribution in [0.5, 0.6) is 5.75 Å².